The highest BCUT2D eigenvalue weighted by Gasteiger charge is 2.08. The van der Waals surface area contributed by atoms with Crippen molar-refractivity contribution in [1.82, 2.24) is 0 Å². The number of ketones is 1. The van der Waals surface area contributed by atoms with Crippen LogP contribution in [0.3, 0.4) is 0 Å². The van der Waals surface area contributed by atoms with Gasteiger partial charge in [-0.2, -0.15) is 0 Å². The number of carboxylic acid groups (broad SMARTS) is 1. The summed E-state index contributed by atoms with van der Waals surface area (Å²) in [5, 5.41) is 10.2. The number of carboxylic acids is 1. The van der Waals surface area contributed by atoms with Crippen LogP contribution in [-0.2, 0) is 4.79 Å². The Morgan fingerprint density at radius 1 is 1.20 bits per heavy atom. The number of Topliss-reactive ketones (excluding diaryl/α,β-unsaturated/α-hetero) is 1. The van der Waals surface area contributed by atoms with E-state index < -0.39 is 5.97 Å². The average Bonchev–Trinajstić information content (AvgIpc) is 2.18. The van der Waals surface area contributed by atoms with Gasteiger partial charge in [-0.3, -0.25) is 4.79 Å². The molecule has 1 aromatic carbocycles. The first-order chi connectivity index (χ1) is 7.00. The SMILES string of the molecule is Cc1ccc(C)c(C(=O)CCC(=O)[O-])c1. The molecule has 0 bridgehead atoms. The van der Waals surface area contributed by atoms with E-state index in [1.54, 1.807) is 6.07 Å². The summed E-state index contributed by atoms with van der Waals surface area (Å²) in [7, 11) is 0. The van der Waals surface area contributed by atoms with Gasteiger partial charge in [0.05, 0.1) is 0 Å². The lowest BCUT2D eigenvalue weighted by Gasteiger charge is -2.06. The Morgan fingerprint density at radius 2 is 1.87 bits per heavy atom. The lowest BCUT2D eigenvalue weighted by atomic mass is 9.99. The van der Waals surface area contributed by atoms with Crippen LogP contribution in [0.15, 0.2) is 18.2 Å². The smallest absolute Gasteiger partial charge is 0.163 e. The van der Waals surface area contributed by atoms with Crippen LogP contribution in [0, 0.1) is 13.8 Å². The van der Waals surface area contributed by atoms with Gasteiger partial charge in [-0.05, 0) is 31.9 Å². The maximum atomic E-state index is 11.6. The minimum Gasteiger partial charge on any atom is -0.550 e. The van der Waals surface area contributed by atoms with Crippen LogP contribution in [0.4, 0.5) is 0 Å². The van der Waals surface area contributed by atoms with E-state index in [-0.39, 0.29) is 18.6 Å². The minimum absolute atomic E-state index is 0.00657. The standard InChI is InChI=1S/C12H14O3/c1-8-3-4-9(2)10(7-8)11(13)5-6-12(14)15/h3-4,7H,5-6H2,1-2H3,(H,14,15)/p-1. The Labute approximate surface area is 88.7 Å². The van der Waals surface area contributed by atoms with Crippen LogP contribution >= 0.6 is 0 Å². The monoisotopic (exact) mass is 205 g/mol. The quantitative estimate of drug-likeness (QED) is 0.689. The predicted molar refractivity (Wildman–Crippen MR) is 54.5 cm³/mol. The van der Waals surface area contributed by atoms with Crippen molar-refractivity contribution in [2.75, 3.05) is 0 Å². The van der Waals surface area contributed by atoms with Gasteiger partial charge in [0.25, 0.3) is 0 Å². The molecule has 1 aromatic rings. The van der Waals surface area contributed by atoms with Crippen LogP contribution in [0.25, 0.3) is 0 Å². The molecule has 3 heteroatoms. The molecular formula is C12H13O3-. The highest BCUT2D eigenvalue weighted by Crippen LogP contribution is 2.13. The van der Waals surface area contributed by atoms with Crippen molar-refractivity contribution in [3.63, 3.8) is 0 Å². The Kier molecular flexibility index (Phi) is 3.61. The summed E-state index contributed by atoms with van der Waals surface area (Å²) in [4.78, 5) is 21.9. The molecule has 0 amide bonds. The summed E-state index contributed by atoms with van der Waals surface area (Å²) in [5.74, 6) is -1.32. The van der Waals surface area contributed by atoms with Crippen molar-refractivity contribution in [2.45, 2.75) is 26.7 Å². The Bertz CT molecular complexity index is 394. The molecule has 0 unspecified atom stereocenters. The van der Waals surface area contributed by atoms with Crippen molar-refractivity contribution in [3.05, 3.63) is 34.9 Å². The van der Waals surface area contributed by atoms with E-state index in [0.717, 1.165) is 11.1 Å². The molecule has 0 aliphatic heterocycles. The highest BCUT2D eigenvalue weighted by molar-refractivity contribution is 5.98. The first-order valence-corrected chi connectivity index (χ1v) is 4.81. The third-order valence-corrected chi connectivity index (χ3v) is 2.25. The van der Waals surface area contributed by atoms with Crippen molar-refractivity contribution in [1.29, 1.82) is 0 Å². The lowest BCUT2D eigenvalue weighted by molar-refractivity contribution is -0.305. The highest BCUT2D eigenvalue weighted by atomic mass is 16.4. The predicted octanol–water partition coefficient (Wildman–Crippen LogP) is 1.02. The number of hydrogen-bond donors (Lipinski definition) is 0. The normalized spacial score (nSPS) is 10.0. The number of benzene rings is 1. The van der Waals surface area contributed by atoms with Gasteiger partial charge in [0.2, 0.25) is 0 Å². The van der Waals surface area contributed by atoms with Crippen LogP contribution in [0.1, 0.15) is 34.3 Å². The molecule has 0 fully saturated rings. The largest absolute Gasteiger partial charge is 0.550 e. The molecule has 1 rings (SSSR count). The molecule has 15 heavy (non-hydrogen) atoms. The molecule has 3 nitrogen and oxygen atoms in total. The van der Waals surface area contributed by atoms with Crippen LogP contribution in [0.5, 0.6) is 0 Å². The van der Waals surface area contributed by atoms with Gasteiger partial charge in [0.1, 0.15) is 0 Å². The molecule has 0 N–H and O–H groups in total. The van der Waals surface area contributed by atoms with Crippen molar-refractivity contribution in [3.8, 4) is 0 Å². The van der Waals surface area contributed by atoms with E-state index in [9.17, 15) is 14.7 Å². The lowest BCUT2D eigenvalue weighted by Crippen LogP contribution is -2.22. The Balaban J connectivity index is 2.81. The fraction of sp³-hybridized carbons (Fsp3) is 0.333. The number of carbonyl (C=O) groups excluding carboxylic acids is 2. The summed E-state index contributed by atoms with van der Waals surface area (Å²) in [6.07, 6.45) is -0.209. The Hall–Kier alpha value is -1.64. The van der Waals surface area contributed by atoms with E-state index in [2.05, 4.69) is 0 Å². The van der Waals surface area contributed by atoms with E-state index in [1.807, 2.05) is 26.0 Å². The van der Waals surface area contributed by atoms with Gasteiger partial charge in [-0.1, -0.05) is 17.7 Å². The summed E-state index contributed by atoms with van der Waals surface area (Å²) in [6, 6.07) is 5.57. The zero-order valence-electron chi connectivity index (χ0n) is 8.87. The summed E-state index contributed by atoms with van der Waals surface area (Å²) >= 11 is 0. The first kappa shape index (κ1) is 11.4. The fourth-order valence-corrected chi connectivity index (χ4v) is 1.39. The molecule has 0 atom stereocenters. The molecule has 0 aliphatic rings. The summed E-state index contributed by atoms with van der Waals surface area (Å²) in [5.41, 5.74) is 2.48. The molecule has 0 spiro atoms. The zero-order chi connectivity index (χ0) is 11.4. The number of hydrogen-bond acceptors (Lipinski definition) is 3. The molecule has 0 radical (unpaired) electrons. The fourth-order valence-electron chi connectivity index (χ4n) is 1.39. The van der Waals surface area contributed by atoms with E-state index in [1.165, 1.54) is 0 Å². The van der Waals surface area contributed by atoms with Crippen molar-refractivity contribution >= 4 is 11.8 Å². The number of rotatable bonds is 4. The molecule has 0 heterocycles. The van der Waals surface area contributed by atoms with E-state index >= 15 is 0 Å². The number of aryl methyl sites for hydroxylation is 2. The molecule has 80 valence electrons. The third kappa shape index (κ3) is 3.20. The first-order valence-electron chi connectivity index (χ1n) is 4.81. The van der Waals surface area contributed by atoms with Gasteiger partial charge >= 0.3 is 0 Å². The average molecular weight is 205 g/mol. The van der Waals surface area contributed by atoms with Crippen LogP contribution in [0.2, 0.25) is 0 Å². The number of carbonyl (C=O) groups is 2. The second-order valence-corrected chi connectivity index (χ2v) is 3.61. The minimum atomic E-state index is -1.19. The van der Waals surface area contributed by atoms with E-state index in [4.69, 9.17) is 0 Å². The van der Waals surface area contributed by atoms with Crippen molar-refractivity contribution < 1.29 is 14.7 Å². The maximum Gasteiger partial charge on any atom is 0.163 e. The van der Waals surface area contributed by atoms with Gasteiger partial charge in [-0.15, -0.1) is 0 Å². The molecular weight excluding hydrogens is 192 g/mol. The number of aliphatic carboxylic acids is 1. The summed E-state index contributed by atoms with van der Waals surface area (Å²) < 4.78 is 0. The van der Waals surface area contributed by atoms with Gasteiger partial charge in [0, 0.05) is 18.0 Å². The second kappa shape index (κ2) is 4.73. The Morgan fingerprint density at radius 3 is 2.47 bits per heavy atom. The van der Waals surface area contributed by atoms with Gasteiger partial charge in [-0.25, -0.2) is 0 Å². The zero-order valence-corrected chi connectivity index (χ0v) is 8.87. The molecule has 0 aromatic heterocycles. The topological polar surface area (TPSA) is 57.2 Å². The maximum absolute atomic E-state index is 11.6. The van der Waals surface area contributed by atoms with E-state index in [0.29, 0.717) is 5.56 Å². The molecule has 0 saturated heterocycles. The molecule has 0 saturated carbocycles. The summed E-state index contributed by atoms with van der Waals surface area (Å²) in [6.45, 7) is 3.74. The van der Waals surface area contributed by atoms with Gasteiger partial charge in [0.15, 0.2) is 5.78 Å². The van der Waals surface area contributed by atoms with Crippen LogP contribution in [-0.4, -0.2) is 11.8 Å². The third-order valence-electron chi connectivity index (χ3n) is 2.25. The van der Waals surface area contributed by atoms with Crippen LogP contribution < -0.4 is 5.11 Å². The van der Waals surface area contributed by atoms with Crippen molar-refractivity contribution in [2.24, 2.45) is 0 Å². The second-order valence-electron chi connectivity index (χ2n) is 3.61. The molecule has 0 aliphatic carbocycles. The van der Waals surface area contributed by atoms with Gasteiger partial charge < -0.3 is 9.90 Å².